The van der Waals surface area contributed by atoms with Crippen LogP contribution in [0.2, 0.25) is 10.0 Å². The molecule has 0 aliphatic heterocycles. The van der Waals surface area contributed by atoms with Crippen molar-refractivity contribution < 1.29 is 18.3 Å². The molecule has 10 heteroatoms. The van der Waals surface area contributed by atoms with Gasteiger partial charge in [0.25, 0.3) is 15.9 Å². The highest BCUT2D eigenvalue weighted by Gasteiger charge is 2.27. The number of hydrogen-bond acceptors (Lipinski definition) is 5. The van der Waals surface area contributed by atoms with Crippen LogP contribution in [0.5, 0.6) is 5.75 Å². The summed E-state index contributed by atoms with van der Waals surface area (Å²) in [6, 6.07) is 15.8. The maximum absolute atomic E-state index is 13.3. The lowest BCUT2D eigenvalue weighted by atomic mass is 10.1. The highest BCUT2D eigenvalue weighted by molar-refractivity contribution is 7.92. The number of carbonyl (C=O) groups is 1. The van der Waals surface area contributed by atoms with Crippen molar-refractivity contribution in [2.24, 2.45) is 5.10 Å². The number of hydrazone groups is 1. The van der Waals surface area contributed by atoms with Gasteiger partial charge in [-0.05, 0) is 61.4 Å². The van der Waals surface area contributed by atoms with Crippen LogP contribution in [-0.2, 0) is 14.8 Å². The molecule has 0 fully saturated rings. The second-order valence-electron chi connectivity index (χ2n) is 7.21. The molecular formula is C23H21Cl2N3O4S. The van der Waals surface area contributed by atoms with E-state index in [4.69, 9.17) is 23.2 Å². The van der Waals surface area contributed by atoms with Crippen LogP contribution in [0.4, 0.5) is 5.69 Å². The number of aromatic hydroxyl groups is 1. The smallest absolute Gasteiger partial charge is 0.264 e. The molecule has 0 aliphatic rings. The van der Waals surface area contributed by atoms with E-state index in [0.717, 1.165) is 21.6 Å². The van der Waals surface area contributed by atoms with Gasteiger partial charge in [-0.2, -0.15) is 5.10 Å². The number of anilines is 1. The Labute approximate surface area is 202 Å². The third-order valence-corrected chi connectivity index (χ3v) is 7.14. The molecule has 172 valence electrons. The Hall–Kier alpha value is -3.07. The molecule has 0 atom stereocenters. The molecule has 1 amide bonds. The third kappa shape index (κ3) is 5.84. The van der Waals surface area contributed by atoms with Crippen LogP contribution in [0, 0.1) is 13.8 Å². The number of nitrogens with one attached hydrogen (secondary N) is 1. The molecule has 3 aromatic carbocycles. The Balaban J connectivity index is 1.87. The summed E-state index contributed by atoms with van der Waals surface area (Å²) in [5.41, 5.74) is 4.68. The zero-order chi connectivity index (χ0) is 24.2. The first-order valence-electron chi connectivity index (χ1n) is 9.74. The molecule has 0 aromatic heterocycles. The standard InChI is InChI=1S/C23H21Cl2N3O4S/c1-15-8-9-19(10-16(15)2)28(33(31,32)20-6-4-3-5-7-20)14-22(29)27-26-13-17-11-18(24)12-21(25)23(17)30/h3-13,30H,14H2,1-2H3,(H,27,29)/b26-13-. The molecule has 33 heavy (non-hydrogen) atoms. The second kappa shape index (κ2) is 10.2. The van der Waals surface area contributed by atoms with Crippen molar-refractivity contribution in [2.45, 2.75) is 18.7 Å². The Morgan fingerprint density at radius 2 is 1.76 bits per heavy atom. The quantitative estimate of drug-likeness (QED) is 0.360. The lowest BCUT2D eigenvalue weighted by molar-refractivity contribution is -0.119. The maximum Gasteiger partial charge on any atom is 0.264 e. The van der Waals surface area contributed by atoms with Crippen LogP contribution in [0.1, 0.15) is 16.7 Å². The van der Waals surface area contributed by atoms with Gasteiger partial charge in [-0.3, -0.25) is 9.10 Å². The topological polar surface area (TPSA) is 99.1 Å². The average molecular weight is 506 g/mol. The van der Waals surface area contributed by atoms with Gasteiger partial charge in [-0.1, -0.05) is 47.5 Å². The minimum Gasteiger partial charge on any atom is -0.506 e. The van der Waals surface area contributed by atoms with Gasteiger partial charge >= 0.3 is 0 Å². The molecule has 0 heterocycles. The summed E-state index contributed by atoms with van der Waals surface area (Å²) in [6.07, 6.45) is 1.16. The van der Waals surface area contributed by atoms with Crippen LogP contribution in [-0.4, -0.2) is 32.2 Å². The first kappa shape index (κ1) is 24.6. The predicted molar refractivity (Wildman–Crippen MR) is 131 cm³/mol. The summed E-state index contributed by atoms with van der Waals surface area (Å²) in [5, 5.41) is 14.1. The lowest BCUT2D eigenvalue weighted by Gasteiger charge is -2.24. The number of halogens is 2. The maximum atomic E-state index is 13.3. The van der Waals surface area contributed by atoms with Crippen molar-refractivity contribution in [2.75, 3.05) is 10.8 Å². The molecule has 2 N–H and O–H groups in total. The Kier molecular flexibility index (Phi) is 7.63. The molecule has 0 aliphatic carbocycles. The summed E-state index contributed by atoms with van der Waals surface area (Å²) in [6.45, 7) is 3.26. The van der Waals surface area contributed by atoms with Crippen molar-refractivity contribution in [3.63, 3.8) is 0 Å². The van der Waals surface area contributed by atoms with Crippen molar-refractivity contribution in [3.05, 3.63) is 87.4 Å². The van der Waals surface area contributed by atoms with Crippen molar-refractivity contribution in [1.29, 1.82) is 0 Å². The zero-order valence-electron chi connectivity index (χ0n) is 17.8. The van der Waals surface area contributed by atoms with Gasteiger partial charge < -0.3 is 5.11 Å². The minimum absolute atomic E-state index is 0.0325. The number of carbonyl (C=O) groups excluding carboxylic acids is 1. The largest absolute Gasteiger partial charge is 0.506 e. The molecule has 0 radical (unpaired) electrons. The van der Waals surface area contributed by atoms with E-state index in [9.17, 15) is 18.3 Å². The minimum atomic E-state index is -4.03. The van der Waals surface area contributed by atoms with E-state index in [-0.39, 0.29) is 26.3 Å². The number of aryl methyl sites for hydroxylation is 2. The van der Waals surface area contributed by atoms with Crippen molar-refractivity contribution in [3.8, 4) is 5.75 Å². The lowest BCUT2D eigenvalue weighted by Crippen LogP contribution is -2.39. The van der Waals surface area contributed by atoms with E-state index >= 15 is 0 Å². The molecule has 0 unspecified atom stereocenters. The summed E-state index contributed by atoms with van der Waals surface area (Å²) >= 11 is 11.8. The number of amides is 1. The van der Waals surface area contributed by atoms with Gasteiger partial charge in [0.2, 0.25) is 0 Å². The van der Waals surface area contributed by atoms with E-state index < -0.39 is 22.5 Å². The number of benzene rings is 3. The summed E-state index contributed by atoms with van der Waals surface area (Å²) < 4.78 is 27.7. The molecule has 0 saturated heterocycles. The summed E-state index contributed by atoms with van der Waals surface area (Å²) in [4.78, 5) is 12.7. The van der Waals surface area contributed by atoms with Gasteiger partial charge in [0.05, 0.1) is 21.8 Å². The fourth-order valence-electron chi connectivity index (χ4n) is 2.94. The van der Waals surface area contributed by atoms with E-state index in [1.165, 1.54) is 24.3 Å². The molecule has 0 saturated carbocycles. The van der Waals surface area contributed by atoms with E-state index in [1.807, 2.05) is 13.8 Å². The van der Waals surface area contributed by atoms with Crippen LogP contribution in [0.3, 0.4) is 0 Å². The molecule has 7 nitrogen and oxygen atoms in total. The molecule has 3 rings (SSSR count). The molecule has 3 aromatic rings. The van der Waals surface area contributed by atoms with E-state index in [0.29, 0.717) is 5.69 Å². The monoisotopic (exact) mass is 505 g/mol. The van der Waals surface area contributed by atoms with Gasteiger partial charge in [0.15, 0.2) is 0 Å². The number of hydrogen-bond donors (Lipinski definition) is 2. The van der Waals surface area contributed by atoms with Crippen LogP contribution < -0.4 is 9.73 Å². The zero-order valence-corrected chi connectivity index (χ0v) is 20.1. The Morgan fingerprint density at radius 3 is 2.42 bits per heavy atom. The average Bonchev–Trinajstić information content (AvgIpc) is 2.78. The number of phenols is 1. The number of nitrogens with zero attached hydrogens (tertiary/aromatic N) is 2. The fraction of sp³-hybridized carbons (Fsp3) is 0.130. The molecule has 0 bridgehead atoms. The Morgan fingerprint density at radius 1 is 1.06 bits per heavy atom. The van der Waals surface area contributed by atoms with Crippen LogP contribution >= 0.6 is 23.2 Å². The SMILES string of the molecule is Cc1ccc(N(CC(=O)N/N=C\c2cc(Cl)cc(Cl)c2O)S(=O)(=O)c2ccccc2)cc1C. The van der Waals surface area contributed by atoms with Gasteiger partial charge in [0.1, 0.15) is 12.3 Å². The Bertz CT molecular complexity index is 1310. The summed E-state index contributed by atoms with van der Waals surface area (Å²) in [7, 11) is -4.03. The van der Waals surface area contributed by atoms with Crippen molar-refractivity contribution >= 4 is 51.0 Å². The van der Waals surface area contributed by atoms with Gasteiger partial charge in [0, 0.05) is 10.6 Å². The third-order valence-electron chi connectivity index (χ3n) is 4.85. The van der Waals surface area contributed by atoms with Crippen molar-refractivity contribution in [1.82, 2.24) is 5.43 Å². The second-order valence-corrected chi connectivity index (χ2v) is 9.92. The van der Waals surface area contributed by atoms with Gasteiger partial charge in [-0.25, -0.2) is 13.8 Å². The number of phenolic OH excluding ortho intramolecular Hbond substituents is 1. The highest BCUT2D eigenvalue weighted by atomic mass is 35.5. The fourth-order valence-corrected chi connectivity index (χ4v) is 4.88. The highest BCUT2D eigenvalue weighted by Crippen LogP contribution is 2.30. The van der Waals surface area contributed by atoms with E-state index in [1.54, 1.807) is 36.4 Å². The molecular weight excluding hydrogens is 485 g/mol. The number of rotatable bonds is 7. The van der Waals surface area contributed by atoms with Gasteiger partial charge in [-0.15, -0.1) is 0 Å². The first-order chi connectivity index (χ1) is 15.6. The number of sulfonamides is 1. The summed E-state index contributed by atoms with van der Waals surface area (Å²) in [5.74, 6) is -0.931. The molecule has 0 spiro atoms. The van der Waals surface area contributed by atoms with Crippen LogP contribution in [0.15, 0.2) is 70.7 Å². The normalized spacial score (nSPS) is 11.5. The van der Waals surface area contributed by atoms with E-state index in [2.05, 4.69) is 10.5 Å². The predicted octanol–water partition coefficient (Wildman–Crippen LogP) is 4.66. The first-order valence-corrected chi connectivity index (χ1v) is 11.9. The van der Waals surface area contributed by atoms with Crippen LogP contribution in [0.25, 0.3) is 0 Å².